The largest absolute Gasteiger partial charge is 0.453 e. The molecule has 0 saturated heterocycles. The Morgan fingerprint density at radius 2 is 1.05 bits per heavy atom. The molecule has 0 aliphatic heterocycles. The van der Waals surface area contributed by atoms with Crippen LogP contribution in [0.4, 0.5) is 57.1 Å². The van der Waals surface area contributed by atoms with Gasteiger partial charge < -0.3 is 9.84 Å². The minimum atomic E-state index is -6.24. The van der Waals surface area contributed by atoms with Crippen LogP contribution in [0.1, 0.15) is 55.4 Å². The lowest BCUT2D eigenvalue weighted by Crippen LogP contribution is -2.44. The van der Waals surface area contributed by atoms with E-state index in [1.807, 2.05) is 0 Å². The number of ether oxygens (including phenoxy) is 1. The topological polar surface area (TPSA) is 29.5 Å². The average Bonchev–Trinajstić information content (AvgIpc) is 2.54. The van der Waals surface area contributed by atoms with Gasteiger partial charge in [-0.25, -0.2) is 8.78 Å². The van der Waals surface area contributed by atoms with Gasteiger partial charge in [-0.1, -0.05) is 68.2 Å². The molecule has 0 radical (unpaired) electrons. The predicted octanol–water partition coefficient (Wildman–Crippen LogP) is 10.9. The number of hydrogen-bond donors (Lipinski definition) is 1. The normalized spacial score (nSPS) is 13.6. The molecule has 0 aromatic heterocycles. The smallest absolute Gasteiger partial charge is 0.383 e. The van der Waals surface area contributed by atoms with Crippen LogP contribution < -0.4 is 0 Å². The number of aliphatic hydroxyl groups is 1. The van der Waals surface area contributed by atoms with Crippen LogP contribution in [0.25, 0.3) is 0 Å². The number of aliphatic hydroxyl groups excluding tert-OH is 1. The molecule has 0 aromatic rings. The molecular weight excluding hydrogens is 638 g/mol. The van der Waals surface area contributed by atoms with Crippen molar-refractivity contribution in [1.82, 2.24) is 0 Å². The van der Waals surface area contributed by atoms with Gasteiger partial charge in [-0.2, -0.15) is 48.3 Å². The Morgan fingerprint density at radius 3 is 1.26 bits per heavy atom. The van der Waals surface area contributed by atoms with Crippen molar-refractivity contribution in [2.45, 2.75) is 102 Å². The van der Waals surface area contributed by atoms with Crippen molar-refractivity contribution < 1.29 is 66.9 Å². The van der Waals surface area contributed by atoms with Crippen molar-refractivity contribution in [1.29, 1.82) is 0 Å². The van der Waals surface area contributed by atoms with E-state index in [1.165, 1.54) is 6.92 Å². The summed E-state index contributed by atoms with van der Waals surface area (Å²) in [4.78, 5) is 0. The van der Waals surface area contributed by atoms with Gasteiger partial charge in [-0.3, -0.25) is 0 Å². The maximum atomic E-state index is 13.0. The van der Waals surface area contributed by atoms with Gasteiger partial charge in [0.25, 0.3) is 5.92 Å². The highest BCUT2D eigenvalue weighted by atomic mass is 35.6. The van der Waals surface area contributed by atoms with Crippen LogP contribution in [0.3, 0.4) is 0 Å². The van der Waals surface area contributed by atoms with E-state index in [9.17, 15) is 57.1 Å². The molecule has 0 bridgehead atoms. The molecule has 18 heteroatoms. The Morgan fingerprint density at radius 1 is 0.718 bits per heavy atom. The zero-order valence-electron chi connectivity index (χ0n) is 18.4. The molecule has 0 aromatic carbocycles. The fraction of sp³-hybridized carbons (Fsp3) is 0.810. The second kappa shape index (κ2) is 20.3. The minimum Gasteiger partial charge on any atom is -0.383 e. The maximum Gasteiger partial charge on any atom is 0.453 e. The third kappa shape index (κ3) is 28.7. The van der Waals surface area contributed by atoms with Crippen molar-refractivity contribution in [2.24, 2.45) is 0 Å². The summed E-state index contributed by atoms with van der Waals surface area (Å²) in [5.74, 6) is -10.5. The monoisotopic (exact) mass is 670 g/mol. The van der Waals surface area contributed by atoms with Gasteiger partial charge in [-0.05, 0) is 13.8 Å². The molecule has 2 nitrogen and oxygen atoms in total. The standard InChI is InChI=1S/C11H12F10O.C6H9F3O.CHCl3.3CH4/c1-6(2)3-7(10(16,17)18)22-5-8(12,13)4-9(14,15)11(19,20)21;1-4(2)3-5(10)6(7,8)9;2-1(3)4;;;/h7H,1,3-5H2,2H3;5,10H,1,3H2,2H3;1H;3*1H4. The van der Waals surface area contributed by atoms with Crippen molar-refractivity contribution in [3.8, 4) is 0 Å². The molecule has 0 heterocycles. The summed E-state index contributed by atoms with van der Waals surface area (Å²) < 4.78 is 161. The van der Waals surface area contributed by atoms with Crippen molar-refractivity contribution in [3.63, 3.8) is 0 Å². The molecule has 0 fully saturated rings. The Hall–Kier alpha value is -0.640. The van der Waals surface area contributed by atoms with Gasteiger partial charge in [0.15, 0.2) is 16.5 Å². The average molecular weight is 672 g/mol. The first-order chi connectivity index (χ1) is 15.5. The SMILES string of the molecule is C.C.C.C=C(C)CC(O)C(F)(F)F.C=C(C)CC(OCC(F)(F)CC(F)(F)C(F)(F)F)C(F)(F)F.ClC(Cl)Cl. The zero-order valence-corrected chi connectivity index (χ0v) is 20.6. The van der Waals surface area contributed by atoms with Crippen LogP contribution in [-0.4, -0.2) is 58.6 Å². The lowest BCUT2D eigenvalue weighted by Gasteiger charge is -2.27. The number of hydrogen-bond acceptors (Lipinski definition) is 2. The number of alkyl halides is 16. The molecular formula is C21H34Cl3F13O2. The maximum absolute atomic E-state index is 13.0. The van der Waals surface area contributed by atoms with Gasteiger partial charge >= 0.3 is 24.5 Å². The van der Waals surface area contributed by atoms with E-state index < -0.39 is 72.7 Å². The first kappa shape index (κ1) is 51.1. The molecule has 242 valence electrons. The van der Waals surface area contributed by atoms with Crippen molar-refractivity contribution in [2.75, 3.05) is 6.61 Å². The van der Waals surface area contributed by atoms with Crippen molar-refractivity contribution >= 4 is 34.8 Å². The Bertz CT molecular complexity index is 660. The minimum absolute atomic E-state index is 0. The summed E-state index contributed by atoms with van der Waals surface area (Å²) in [5, 5.41) is 8.37. The van der Waals surface area contributed by atoms with Gasteiger partial charge in [-0.15, -0.1) is 13.2 Å². The molecule has 0 amide bonds. The molecule has 0 rings (SSSR count). The Labute approximate surface area is 235 Å². The summed E-state index contributed by atoms with van der Waals surface area (Å²) in [7, 11) is 0. The highest BCUT2D eigenvalue weighted by Gasteiger charge is 2.62. The van der Waals surface area contributed by atoms with E-state index in [1.54, 1.807) is 0 Å². The summed E-state index contributed by atoms with van der Waals surface area (Å²) in [6, 6.07) is 0. The number of halogens is 16. The first-order valence-electron chi connectivity index (χ1n) is 9.01. The van der Waals surface area contributed by atoms with Crippen LogP contribution in [-0.2, 0) is 4.74 Å². The van der Waals surface area contributed by atoms with Gasteiger partial charge in [0.05, 0.1) is 6.42 Å². The molecule has 2 unspecified atom stereocenters. The van der Waals surface area contributed by atoms with Crippen LogP contribution >= 0.6 is 34.8 Å². The predicted molar refractivity (Wildman–Crippen MR) is 129 cm³/mol. The Balaban J connectivity index is -0.000000135. The highest BCUT2D eigenvalue weighted by molar-refractivity contribution is 6.63. The molecule has 0 aliphatic carbocycles. The lowest BCUT2D eigenvalue weighted by molar-refractivity contribution is -0.307. The molecule has 0 saturated carbocycles. The van der Waals surface area contributed by atoms with Crippen LogP contribution in [0.15, 0.2) is 24.3 Å². The molecule has 39 heavy (non-hydrogen) atoms. The molecule has 0 spiro atoms. The third-order valence-corrected chi connectivity index (χ3v) is 3.21. The quantitative estimate of drug-likeness (QED) is 0.150. The van der Waals surface area contributed by atoms with Crippen LogP contribution in [0, 0.1) is 0 Å². The molecule has 1 N–H and O–H groups in total. The first-order valence-corrected chi connectivity index (χ1v) is 10.3. The van der Waals surface area contributed by atoms with E-state index in [4.69, 9.17) is 39.9 Å². The zero-order chi connectivity index (χ0) is 29.9. The summed E-state index contributed by atoms with van der Waals surface area (Å²) in [6.07, 6.45) is -25.2. The van der Waals surface area contributed by atoms with E-state index >= 15 is 0 Å². The van der Waals surface area contributed by atoms with E-state index in [-0.39, 0.29) is 27.9 Å². The van der Waals surface area contributed by atoms with Crippen molar-refractivity contribution in [3.05, 3.63) is 24.3 Å². The number of rotatable bonds is 9. The van der Waals surface area contributed by atoms with E-state index in [2.05, 4.69) is 17.9 Å². The molecule has 2 atom stereocenters. The second-order valence-electron chi connectivity index (χ2n) is 7.20. The lowest BCUT2D eigenvalue weighted by atomic mass is 10.1. The Kier molecular flexibility index (Phi) is 26.6. The second-order valence-corrected chi connectivity index (χ2v) is 9.18. The van der Waals surface area contributed by atoms with Crippen LogP contribution in [0.2, 0.25) is 0 Å². The molecule has 0 aliphatic rings. The highest BCUT2D eigenvalue weighted by Crippen LogP contribution is 2.43. The van der Waals surface area contributed by atoms with Gasteiger partial charge in [0.2, 0.25) is 0 Å². The van der Waals surface area contributed by atoms with Gasteiger partial charge in [0, 0.05) is 12.8 Å². The van der Waals surface area contributed by atoms with Crippen LogP contribution in [0.5, 0.6) is 0 Å². The van der Waals surface area contributed by atoms with E-state index in [0.29, 0.717) is 5.57 Å². The summed E-state index contributed by atoms with van der Waals surface area (Å²) in [6.45, 7) is 6.71. The summed E-state index contributed by atoms with van der Waals surface area (Å²) in [5.41, 5.74) is 0.232. The third-order valence-electron chi connectivity index (χ3n) is 3.21. The van der Waals surface area contributed by atoms with E-state index in [0.717, 1.165) is 6.92 Å². The fourth-order valence-electron chi connectivity index (χ4n) is 1.73. The fourth-order valence-corrected chi connectivity index (χ4v) is 1.73. The van der Waals surface area contributed by atoms with Gasteiger partial charge in [0.1, 0.15) is 6.61 Å². The summed E-state index contributed by atoms with van der Waals surface area (Å²) >= 11 is 14.4.